The summed E-state index contributed by atoms with van der Waals surface area (Å²) in [5.74, 6) is 0.597. The Morgan fingerprint density at radius 3 is 2.89 bits per heavy atom. The summed E-state index contributed by atoms with van der Waals surface area (Å²) in [6.45, 7) is 0. The molecule has 0 aliphatic carbocycles. The van der Waals surface area contributed by atoms with E-state index in [2.05, 4.69) is 15.3 Å². The minimum absolute atomic E-state index is 0.00284. The predicted octanol–water partition coefficient (Wildman–Crippen LogP) is 1.10. The summed E-state index contributed by atoms with van der Waals surface area (Å²) in [7, 11) is 0. The summed E-state index contributed by atoms with van der Waals surface area (Å²) in [5.41, 5.74) is 7.73. The van der Waals surface area contributed by atoms with Crippen LogP contribution in [-0.2, 0) is 0 Å². The first-order chi connectivity index (χ1) is 8.75. The average Bonchev–Trinajstić information content (AvgIpc) is 2.82. The molecule has 88 valence electrons. The van der Waals surface area contributed by atoms with Crippen molar-refractivity contribution in [3.05, 3.63) is 48.2 Å². The largest absolute Gasteiger partial charge is 0.384 e. The molecule has 2 heterocycles. The monoisotopic (exact) mass is 238 g/mol. The van der Waals surface area contributed by atoms with Gasteiger partial charge in [-0.15, -0.1) is 5.10 Å². The van der Waals surface area contributed by atoms with E-state index in [4.69, 9.17) is 11.1 Å². The van der Waals surface area contributed by atoms with Crippen molar-refractivity contribution < 1.29 is 0 Å². The Bertz CT molecular complexity index is 730. The van der Waals surface area contributed by atoms with Gasteiger partial charge in [0.05, 0.1) is 5.52 Å². The van der Waals surface area contributed by atoms with Crippen molar-refractivity contribution in [2.75, 3.05) is 0 Å². The van der Waals surface area contributed by atoms with Crippen molar-refractivity contribution in [3.63, 3.8) is 0 Å². The Labute approximate surface area is 103 Å². The summed E-state index contributed by atoms with van der Waals surface area (Å²) >= 11 is 0. The zero-order valence-corrected chi connectivity index (χ0v) is 9.41. The molecule has 0 atom stereocenters. The van der Waals surface area contributed by atoms with Crippen LogP contribution in [0.3, 0.4) is 0 Å². The molecule has 6 nitrogen and oxygen atoms in total. The SMILES string of the molecule is N=C(N)c1ccnc(-n2nnc3ccccc32)c1. The number of para-hydroxylation sites is 1. The maximum absolute atomic E-state index is 7.43. The zero-order chi connectivity index (χ0) is 12.5. The number of pyridine rings is 1. The van der Waals surface area contributed by atoms with E-state index in [1.807, 2.05) is 24.3 Å². The maximum Gasteiger partial charge on any atom is 0.156 e. The van der Waals surface area contributed by atoms with E-state index >= 15 is 0 Å². The van der Waals surface area contributed by atoms with Crippen molar-refractivity contribution in [2.45, 2.75) is 0 Å². The van der Waals surface area contributed by atoms with E-state index in [1.165, 1.54) is 0 Å². The molecule has 0 aliphatic heterocycles. The van der Waals surface area contributed by atoms with Gasteiger partial charge in [-0.2, -0.15) is 4.68 Å². The molecule has 3 rings (SSSR count). The Kier molecular flexibility index (Phi) is 2.26. The lowest BCUT2D eigenvalue weighted by Crippen LogP contribution is -2.12. The highest BCUT2D eigenvalue weighted by atomic mass is 15.4. The third-order valence-corrected chi connectivity index (χ3v) is 2.63. The van der Waals surface area contributed by atoms with Gasteiger partial charge in [0.25, 0.3) is 0 Å². The highest BCUT2D eigenvalue weighted by Gasteiger charge is 2.07. The molecule has 18 heavy (non-hydrogen) atoms. The van der Waals surface area contributed by atoms with Gasteiger partial charge in [-0.1, -0.05) is 17.3 Å². The quantitative estimate of drug-likeness (QED) is 0.516. The topological polar surface area (TPSA) is 93.5 Å². The van der Waals surface area contributed by atoms with Gasteiger partial charge in [-0.3, -0.25) is 5.41 Å². The van der Waals surface area contributed by atoms with Crippen LogP contribution in [0.5, 0.6) is 0 Å². The number of benzene rings is 1. The molecule has 0 radical (unpaired) electrons. The summed E-state index contributed by atoms with van der Waals surface area (Å²) in [6.07, 6.45) is 1.60. The minimum Gasteiger partial charge on any atom is -0.384 e. The number of hydrogen-bond acceptors (Lipinski definition) is 4. The lowest BCUT2D eigenvalue weighted by molar-refractivity contribution is 0.801. The molecule has 3 N–H and O–H groups in total. The Hall–Kier alpha value is -2.76. The lowest BCUT2D eigenvalue weighted by Gasteiger charge is -2.03. The number of nitrogens with one attached hydrogen (secondary N) is 1. The van der Waals surface area contributed by atoms with E-state index in [9.17, 15) is 0 Å². The Morgan fingerprint density at radius 1 is 1.22 bits per heavy atom. The molecule has 0 unspecified atom stereocenters. The first kappa shape index (κ1) is 10.4. The molecule has 1 aromatic carbocycles. The first-order valence-electron chi connectivity index (χ1n) is 5.37. The summed E-state index contributed by atoms with van der Waals surface area (Å²) in [5, 5.41) is 15.5. The molecule has 0 saturated carbocycles. The molecule has 2 aromatic heterocycles. The highest BCUT2D eigenvalue weighted by Crippen LogP contribution is 2.14. The number of amidine groups is 1. The van der Waals surface area contributed by atoms with Gasteiger partial charge in [0, 0.05) is 11.8 Å². The number of rotatable bonds is 2. The number of nitrogens with two attached hydrogens (primary N) is 1. The Morgan fingerprint density at radius 2 is 2.06 bits per heavy atom. The van der Waals surface area contributed by atoms with Crippen molar-refractivity contribution in [2.24, 2.45) is 5.73 Å². The third-order valence-electron chi connectivity index (χ3n) is 2.63. The van der Waals surface area contributed by atoms with E-state index in [0.29, 0.717) is 11.4 Å². The van der Waals surface area contributed by atoms with Crippen molar-refractivity contribution in [3.8, 4) is 5.82 Å². The second-order valence-electron chi connectivity index (χ2n) is 3.81. The molecule has 0 aliphatic rings. The van der Waals surface area contributed by atoms with Gasteiger partial charge < -0.3 is 5.73 Å². The van der Waals surface area contributed by atoms with Gasteiger partial charge in [0.2, 0.25) is 0 Å². The first-order valence-corrected chi connectivity index (χ1v) is 5.37. The fraction of sp³-hybridized carbons (Fsp3) is 0. The fourth-order valence-electron chi connectivity index (χ4n) is 1.74. The third kappa shape index (κ3) is 1.60. The lowest BCUT2D eigenvalue weighted by atomic mass is 10.2. The van der Waals surface area contributed by atoms with E-state index in [-0.39, 0.29) is 5.84 Å². The number of nitrogen functional groups attached to an aromatic ring is 1. The zero-order valence-electron chi connectivity index (χ0n) is 9.41. The normalized spacial score (nSPS) is 10.7. The van der Waals surface area contributed by atoms with Crippen LogP contribution in [0.4, 0.5) is 0 Å². The number of fused-ring (bicyclic) bond motifs is 1. The van der Waals surface area contributed by atoms with Crippen LogP contribution < -0.4 is 5.73 Å². The predicted molar refractivity (Wildman–Crippen MR) is 67.7 cm³/mol. The van der Waals surface area contributed by atoms with Crippen LogP contribution in [0, 0.1) is 5.41 Å². The van der Waals surface area contributed by atoms with Gasteiger partial charge >= 0.3 is 0 Å². The average molecular weight is 238 g/mol. The van der Waals surface area contributed by atoms with Crippen molar-refractivity contribution >= 4 is 16.9 Å². The van der Waals surface area contributed by atoms with Crippen LogP contribution >= 0.6 is 0 Å². The molecular formula is C12H10N6. The van der Waals surface area contributed by atoms with Crippen LogP contribution in [0.2, 0.25) is 0 Å². The molecular weight excluding hydrogens is 228 g/mol. The number of hydrogen-bond donors (Lipinski definition) is 2. The summed E-state index contributed by atoms with van der Waals surface area (Å²) in [4.78, 5) is 4.22. The second-order valence-corrected chi connectivity index (χ2v) is 3.81. The van der Waals surface area contributed by atoms with E-state index in [1.54, 1.807) is 23.0 Å². The van der Waals surface area contributed by atoms with Crippen LogP contribution in [-0.4, -0.2) is 25.8 Å². The van der Waals surface area contributed by atoms with E-state index in [0.717, 1.165) is 11.0 Å². The van der Waals surface area contributed by atoms with E-state index < -0.39 is 0 Å². The van der Waals surface area contributed by atoms with Crippen LogP contribution in [0.15, 0.2) is 42.6 Å². The van der Waals surface area contributed by atoms with Crippen LogP contribution in [0.25, 0.3) is 16.9 Å². The fourth-order valence-corrected chi connectivity index (χ4v) is 1.74. The van der Waals surface area contributed by atoms with Gasteiger partial charge in [0.15, 0.2) is 5.82 Å². The smallest absolute Gasteiger partial charge is 0.156 e. The van der Waals surface area contributed by atoms with Gasteiger partial charge in [-0.05, 0) is 24.3 Å². The Balaban J connectivity index is 2.20. The molecule has 0 spiro atoms. The number of aromatic nitrogens is 4. The molecule has 0 saturated heterocycles. The standard InChI is InChI=1S/C12H10N6/c13-12(14)8-5-6-15-11(7-8)18-10-4-2-1-3-9(10)16-17-18/h1-7H,(H3,13,14). The van der Waals surface area contributed by atoms with Crippen molar-refractivity contribution in [1.29, 1.82) is 5.41 Å². The second kappa shape index (κ2) is 3.92. The molecule has 0 amide bonds. The summed E-state index contributed by atoms with van der Waals surface area (Å²) < 4.78 is 1.63. The number of nitrogens with zero attached hydrogens (tertiary/aromatic N) is 4. The van der Waals surface area contributed by atoms with Gasteiger partial charge in [0.1, 0.15) is 11.4 Å². The summed E-state index contributed by atoms with van der Waals surface area (Å²) in [6, 6.07) is 11.0. The molecule has 0 bridgehead atoms. The highest BCUT2D eigenvalue weighted by molar-refractivity contribution is 5.95. The van der Waals surface area contributed by atoms with Crippen molar-refractivity contribution in [1.82, 2.24) is 20.0 Å². The maximum atomic E-state index is 7.43. The van der Waals surface area contributed by atoms with Crippen LogP contribution in [0.1, 0.15) is 5.56 Å². The van der Waals surface area contributed by atoms with Gasteiger partial charge in [-0.25, -0.2) is 4.98 Å². The molecule has 0 fully saturated rings. The molecule has 6 heteroatoms. The molecule has 3 aromatic rings. The minimum atomic E-state index is 0.00284.